The Balaban J connectivity index is 2.57. The third kappa shape index (κ3) is 2.56. The Morgan fingerprint density at radius 1 is 1.62 bits per heavy atom. The van der Waals surface area contributed by atoms with Crippen LogP contribution in [0, 0.1) is 5.41 Å². The summed E-state index contributed by atoms with van der Waals surface area (Å²) in [5.41, 5.74) is -0.0919. The summed E-state index contributed by atoms with van der Waals surface area (Å²) in [4.78, 5) is 11.1. The van der Waals surface area contributed by atoms with Crippen LogP contribution < -0.4 is 0 Å². The molecule has 1 rings (SSSR count). The van der Waals surface area contributed by atoms with E-state index < -0.39 is 0 Å². The number of hydrogen-bond donors (Lipinski definition) is 0. The van der Waals surface area contributed by atoms with Gasteiger partial charge in [0.2, 0.25) is 0 Å². The first-order valence-electron chi connectivity index (χ1n) is 4.50. The number of methoxy groups -OCH3 is 1. The number of esters is 1. The van der Waals surface area contributed by atoms with Crippen molar-refractivity contribution in [1.29, 1.82) is 0 Å². The zero-order valence-electron chi connectivity index (χ0n) is 8.04. The van der Waals surface area contributed by atoms with E-state index in [0.29, 0.717) is 19.6 Å². The molecule has 3 heteroatoms. The fraction of sp³-hybridized carbons (Fsp3) is 0.700. The van der Waals surface area contributed by atoms with Gasteiger partial charge in [-0.3, -0.25) is 4.79 Å². The lowest BCUT2D eigenvalue weighted by molar-refractivity contribution is -0.143. The van der Waals surface area contributed by atoms with Gasteiger partial charge in [-0.2, -0.15) is 0 Å². The van der Waals surface area contributed by atoms with E-state index in [0.717, 1.165) is 12.8 Å². The van der Waals surface area contributed by atoms with E-state index in [1.807, 2.05) is 6.08 Å². The highest BCUT2D eigenvalue weighted by atomic mass is 16.5. The first kappa shape index (κ1) is 10.3. The van der Waals surface area contributed by atoms with Crippen LogP contribution in [-0.2, 0) is 14.3 Å². The number of allylic oxidation sites excluding steroid dienone is 1. The summed E-state index contributed by atoms with van der Waals surface area (Å²) in [7, 11) is 1.42. The molecule has 0 atom stereocenters. The van der Waals surface area contributed by atoms with E-state index in [-0.39, 0.29) is 11.4 Å². The van der Waals surface area contributed by atoms with Gasteiger partial charge >= 0.3 is 5.97 Å². The van der Waals surface area contributed by atoms with Gasteiger partial charge in [0.25, 0.3) is 0 Å². The van der Waals surface area contributed by atoms with Crippen molar-refractivity contribution < 1.29 is 14.3 Å². The molecule has 0 aliphatic carbocycles. The molecular weight excluding hydrogens is 168 g/mol. The minimum Gasteiger partial charge on any atom is -0.469 e. The van der Waals surface area contributed by atoms with Gasteiger partial charge in [0, 0.05) is 18.6 Å². The van der Waals surface area contributed by atoms with Crippen molar-refractivity contribution >= 4 is 5.97 Å². The van der Waals surface area contributed by atoms with E-state index in [9.17, 15) is 4.79 Å². The molecule has 0 saturated carbocycles. The maximum atomic E-state index is 11.1. The van der Waals surface area contributed by atoms with Gasteiger partial charge in [-0.15, -0.1) is 6.58 Å². The molecular formula is C10H16O3. The Bertz CT molecular complexity index is 192. The Labute approximate surface area is 78.7 Å². The van der Waals surface area contributed by atoms with Crippen molar-refractivity contribution in [3.05, 3.63) is 12.7 Å². The van der Waals surface area contributed by atoms with E-state index >= 15 is 0 Å². The van der Waals surface area contributed by atoms with Crippen LogP contribution in [0.4, 0.5) is 0 Å². The number of rotatable bonds is 3. The van der Waals surface area contributed by atoms with Crippen molar-refractivity contribution in [1.82, 2.24) is 0 Å². The molecule has 13 heavy (non-hydrogen) atoms. The fourth-order valence-electron chi connectivity index (χ4n) is 1.59. The van der Waals surface area contributed by atoms with E-state index in [2.05, 4.69) is 11.3 Å². The predicted molar refractivity (Wildman–Crippen MR) is 49.3 cm³/mol. The second kappa shape index (κ2) is 4.42. The van der Waals surface area contributed by atoms with Crippen LogP contribution in [0.15, 0.2) is 12.7 Å². The lowest BCUT2D eigenvalue weighted by Crippen LogP contribution is -2.30. The quantitative estimate of drug-likeness (QED) is 0.493. The maximum absolute atomic E-state index is 11.1. The zero-order chi connectivity index (χ0) is 9.73. The van der Waals surface area contributed by atoms with Crippen LogP contribution in [0.5, 0.6) is 0 Å². The zero-order valence-corrected chi connectivity index (χ0v) is 8.04. The monoisotopic (exact) mass is 184 g/mol. The molecule has 0 bridgehead atoms. The first-order valence-corrected chi connectivity index (χ1v) is 4.50. The summed E-state index contributed by atoms with van der Waals surface area (Å²) in [6.07, 6.45) is 4.03. The Hall–Kier alpha value is -0.830. The smallest absolute Gasteiger partial charge is 0.306 e. The largest absolute Gasteiger partial charge is 0.469 e. The average molecular weight is 184 g/mol. The standard InChI is InChI=1S/C10H16O3/c1-3-10(8-9(11)12-2)4-6-13-7-5-10/h3H,1,4-8H2,2H3. The Morgan fingerprint density at radius 2 is 2.23 bits per heavy atom. The predicted octanol–water partition coefficient (Wildman–Crippen LogP) is 1.53. The Kier molecular flexibility index (Phi) is 3.48. The van der Waals surface area contributed by atoms with Gasteiger partial charge in [0.15, 0.2) is 0 Å². The number of ether oxygens (including phenoxy) is 2. The molecule has 0 unspecified atom stereocenters. The van der Waals surface area contributed by atoms with Crippen molar-refractivity contribution in [2.45, 2.75) is 19.3 Å². The van der Waals surface area contributed by atoms with E-state index in [4.69, 9.17) is 4.74 Å². The molecule has 1 saturated heterocycles. The van der Waals surface area contributed by atoms with Crippen molar-refractivity contribution in [2.24, 2.45) is 5.41 Å². The molecule has 0 spiro atoms. The van der Waals surface area contributed by atoms with Crippen LogP contribution in [0.3, 0.4) is 0 Å². The molecule has 0 amide bonds. The molecule has 0 N–H and O–H groups in total. The molecule has 1 aliphatic heterocycles. The number of carbonyl (C=O) groups is 1. The highest BCUT2D eigenvalue weighted by molar-refractivity contribution is 5.70. The molecule has 1 fully saturated rings. The molecule has 3 nitrogen and oxygen atoms in total. The fourth-order valence-corrected chi connectivity index (χ4v) is 1.59. The van der Waals surface area contributed by atoms with Crippen LogP contribution in [-0.4, -0.2) is 26.3 Å². The molecule has 0 aromatic heterocycles. The maximum Gasteiger partial charge on any atom is 0.306 e. The molecule has 1 heterocycles. The summed E-state index contributed by atoms with van der Waals surface area (Å²) in [6.45, 7) is 5.20. The van der Waals surface area contributed by atoms with Crippen molar-refractivity contribution in [3.63, 3.8) is 0 Å². The third-order valence-electron chi connectivity index (χ3n) is 2.65. The van der Waals surface area contributed by atoms with Gasteiger partial charge in [0.1, 0.15) is 0 Å². The molecule has 0 aromatic rings. The molecule has 1 aliphatic rings. The normalized spacial score (nSPS) is 20.7. The van der Waals surface area contributed by atoms with Crippen molar-refractivity contribution in [2.75, 3.05) is 20.3 Å². The lowest BCUT2D eigenvalue weighted by atomic mass is 9.77. The third-order valence-corrected chi connectivity index (χ3v) is 2.65. The number of carbonyl (C=O) groups excluding carboxylic acids is 1. The topological polar surface area (TPSA) is 35.5 Å². The summed E-state index contributed by atoms with van der Waals surface area (Å²) in [6, 6.07) is 0. The van der Waals surface area contributed by atoms with E-state index in [1.165, 1.54) is 7.11 Å². The molecule has 0 aromatic carbocycles. The molecule has 74 valence electrons. The van der Waals surface area contributed by atoms with Gasteiger partial charge in [-0.05, 0) is 12.8 Å². The second-order valence-corrected chi connectivity index (χ2v) is 3.43. The summed E-state index contributed by atoms with van der Waals surface area (Å²) < 4.78 is 9.89. The van der Waals surface area contributed by atoms with Crippen molar-refractivity contribution in [3.8, 4) is 0 Å². The van der Waals surface area contributed by atoms with Gasteiger partial charge in [-0.25, -0.2) is 0 Å². The van der Waals surface area contributed by atoms with Crippen LogP contribution >= 0.6 is 0 Å². The SMILES string of the molecule is C=CC1(CC(=O)OC)CCOCC1. The highest BCUT2D eigenvalue weighted by Crippen LogP contribution is 2.35. The summed E-state index contributed by atoms with van der Waals surface area (Å²) >= 11 is 0. The minimum atomic E-state index is -0.165. The van der Waals surface area contributed by atoms with E-state index in [1.54, 1.807) is 0 Å². The van der Waals surface area contributed by atoms with Crippen LogP contribution in [0.2, 0.25) is 0 Å². The number of hydrogen-bond acceptors (Lipinski definition) is 3. The second-order valence-electron chi connectivity index (χ2n) is 3.43. The lowest BCUT2D eigenvalue weighted by Gasteiger charge is -2.33. The summed E-state index contributed by atoms with van der Waals surface area (Å²) in [5.74, 6) is -0.165. The average Bonchev–Trinajstić information content (AvgIpc) is 2.19. The van der Waals surface area contributed by atoms with Crippen LogP contribution in [0.1, 0.15) is 19.3 Å². The first-order chi connectivity index (χ1) is 6.22. The van der Waals surface area contributed by atoms with Gasteiger partial charge < -0.3 is 9.47 Å². The van der Waals surface area contributed by atoms with Gasteiger partial charge in [-0.1, -0.05) is 6.08 Å². The molecule has 0 radical (unpaired) electrons. The minimum absolute atomic E-state index is 0.0919. The summed E-state index contributed by atoms with van der Waals surface area (Å²) in [5, 5.41) is 0. The van der Waals surface area contributed by atoms with Gasteiger partial charge in [0.05, 0.1) is 13.5 Å². The highest BCUT2D eigenvalue weighted by Gasteiger charge is 2.32. The van der Waals surface area contributed by atoms with Crippen LogP contribution in [0.25, 0.3) is 0 Å². The Morgan fingerprint density at radius 3 is 2.69 bits per heavy atom.